The minimum absolute atomic E-state index is 0.195. The molecule has 0 spiro atoms. The zero-order chi connectivity index (χ0) is 14.0. The van der Waals surface area contributed by atoms with Gasteiger partial charge < -0.3 is 0 Å². The predicted octanol–water partition coefficient (Wildman–Crippen LogP) is 4.92. The van der Waals surface area contributed by atoms with Gasteiger partial charge in [-0.25, -0.2) is 9.37 Å². The molecule has 1 heterocycles. The molecular formula is C13H11F4NS. The summed E-state index contributed by atoms with van der Waals surface area (Å²) in [6.45, 7) is 1.96. The second kappa shape index (κ2) is 5.28. The number of thiazole rings is 1. The van der Waals surface area contributed by atoms with E-state index < -0.39 is 17.6 Å². The molecule has 0 unspecified atom stereocenters. The van der Waals surface area contributed by atoms with E-state index in [1.54, 1.807) is 5.38 Å². The largest absolute Gasteiger partial charge is 0.417 e. The molecule has 0 saturated heterocycles. The van der Waals surface area contributed by atoms with Crippen LogP contribution >= 0.6 is 11.3 Å². The van der Waals surface area contributed by atoms with Crippen LogP contribution in [0.3, 0.4) is 0 Å². The van der Waals surface area contributed by atoms with Crippen molar-refractivity contribution in [1.29, 1.82) is 0 Å². The Labute approximate surface area is 111 Å². The third kappa shape index (κ3) is 3.12. The number of hydrogen-bond acceptors (Lipinski definition) is 2. The van der Waals surface area contributed by atoms with E-state index in [0.29, 0.717) is 6.42 Å². The molecule has 2 aromatic rings. The molecule has 1 aromatic heterocycles. The number of benzene rings is 1. The van der Waals surface area contributed by atoms with E-state index in [1.807, 2.05) is 6.92 Å². The molecule has 0 radical (unpaired) electrons. The fourth-order valence-electron chi connectivity index (χ4n) is 1.74. The molecule has 0 atom stereocenters. The molecule has 1 aromatic carbocycles. The highest BCUT2D eigenvalue weighted by Gasteiger charge is 2.34. The van der Waals surface area contributed by atoms with Crippen molar-refractivity contribution in [2.24, 2.45) is 0 Å². The Kier molecular flexibility index (Phi) is 3.89. The summed E-state index contributed by atoms with van der Waals surface area (Å²) in [6, 6.07) is 2.45. The number of halogens is 4. The summed E-state index contributed by atoms with van der Waals surface area (Å²) in [7, 11) is 0. The number of nitrogens with zero attached hydrogens (tertiary/aromatic N) is 1. The fraction of sp³-hybridized carbons (Fsp3) is 0.308. The molecule has 19 heavy (non-hydrogen) atoms. The Morgan fingerprint density at radius 1 is 1.26 bits per heavy atom. The van der Waals surface area contributed by atoms with Crippen LogP contribution in [0.4, 0.5) is 17.6 Å². The van der Waals surface area contributed by atoms with Crippen molar-refractivity contribution in [3.8, 4) is 10.6 Å². The van der Waals surface area contributed by atoms with Gasteiger partial charge in [0, 0.05) is 10.9 Å². The molecular weight excluding hydrogens is 278 g/mol. The summed E-state index contributed by atoms with van der Waals surface area (Å²) < 4.78 is 51.8. The highest BCUT2D eigenvalue weighted by molar-refractivity contribution is 7.13. The molecule has 1 nitrogen and oxygen atoms in total. The van der Waals surface area contributed by atoms with Crippen LogP contribution in [0.5, 0.6) is 0 Å². The van der Waals surface area contributed by atoms with Crippen LogP contribution in [0.1, 0.15) is 24.6 Å². The first-order valence-electron chi connectivity index (χ1n) is 5.73. The molecule has 0 N–H and O–H groups in total. The first-order chi connectivity index (χ1) is 8.91. The molecule has 2 rings (SSSR count). The van der Waals surface area contributed by atoms with Gasteiger partial charge in [-0.15, -0.1) is 11.3 Å². The Balaban J connectivity index is 2.50. The van der Waals surface area contributed by atoms with Crippen molar-refractivity contribution in [1.82, 2.24) is 4.98 Å². The van der Waals surface area contributed by atoms with Crippen LogP contribution in [0.25, 0.3) is 10.6 Å². The lowest BCUT2D eigenvalue weighted by atomic mass is 10.1. The molecule has 0 aliphatic heterocycles. The van der Waals surface area contributed by atoms with Crippen molar-refractivity contribution < 1.29 is 17.6 Å². The van der Waals surface area contributed by atoms with Crippen molar-refractivity contribution in [2.45, 2.75) is 25.9 Å². The summed E-state index contributed by atoms with van der Waals surface area (Å²) >= 11 is 1.10. The first kappa shape index (κ1) is 14.0. The number of alkyl halides is 3. The molecule has 0 aliphatic carbocycles. The third-order valence-corrected chi connectivity index (χ3v) is 3.50. The molecule has 6 heteroatoms. The minimum atomic E-state index is -4.51. The maximum atomic E-state index is 13.2. The Morgan fingerprint density at radius 2 is 2.00 bits per heavy atom. The van der Waals surface area contributed by atoms with E-state index >= 15 is 0 Å². The second-order valence-corrected chi connectivity index (χ2v) is 4.94. The maximum Gasteiger partial charge on any atom is 0.417 e. The van der Waals surface area contributed by atoms with Gasteiger partial charge in [0.05, 0.1) is 11.3 Å². The van der Waals surface area contributed by atoms with Gasteiger partial charge in [0.15, 0.2) is 0 Å². The van der Waals surface area contributed by atoms with E-state index in [0.717, 1.165) is 41.7 Å². The van der Waals surface area contributed by atoms with Gasteiger partial charge in [-0.2, -0.15) is 13.2 Å². The Morgan fingerprint density at radius 3 is 2.63 bits per heavy atom. The summed E-state index contributed by atoms with van der Waals surface area (Å²) in [6.07, 6.45) is -2.95. The molecule has 102 valence electrons. The zero-order valence-electron chi connectivity index (χ0n) is 10.1. The normalized spacial score (nSPS) is 11.8. The Hall–Kier alpha value is -1.43. The SMILES string of the molecule is CCCc1csc(-c2cc(F)ccc2C(F)(F)F)n1. The van der Waals surface area contributed by atoms with Gasteiger partial charge in [-0.1, -0.05) is 13.3 Å². The summed E-state index contributed by atoms with van der Waals surface area (Å²) in [5.74, 6) is -0.699. The van der Waals surface area contributed by atoms with Crippen LogP contribution < -0.4 is 0 Å². The Bertz CT molecular complexity index is 574. The lowest BCUT2D eigenvalue weighted by Gasteiger charge is -2.10. The van der Waals surface area contributed by atoms with E-state index in [2.05, 4.69) is 4.98 Å². The smallest absolute Gasteiger partial charge is 0.241 e. The summed E-state index contributed by atoms with van der Waals surface area (Å²) in [5.41, 5.74) is -0.314. The molecule has 0 aliphatic rings. The van der Waals surface area contributed by atoms with Crippen molar-refractivity contribution in [3.63, 3.8) is 0 Å². The van der Waals surface area contributed by atoms with E-state index in [-0.39, 0.29) is 10.6 Å². The quantitative estimate of drug-likeness (QED) is 0.731. The average Bonchev–Trinajstić information content (AvgIpc) is 2.76. The van der Waals surface area contributed by atoms with E-state index in [4.69, 9.17) is 0 Å². The van der Waals surface area contributed by atoms with Crippen molar-refractivity contribution in [3.05, 3.63) is 40.7 Å². The number of hydrogen-bond donors (Lipinski definition) is 0. The number of aromatic nitrogens is 1. The number of aryl methyl sites for hydroxylation is 1. The molecule has 0 saturated carbocycles. The highest BCUT2D eigenvalue weighted by atomic mass is 32.1. The van der Waals surface area contributed by atoms with Crippen LogP contribution in [0.2, 0.25) is 0 Å². The first-order valence-corrected chi connectivity index (χ1v) is 6.61. The van der Waals surface area contributed by atoms with Crippen molar-refractivity contribution in [2.75, 3.05) is 0 Å². The van der Waals surface area contributed by atoms with Gasteiger partial charge in [0.25, 0.3) is 0 Å². The van der Waals surface area contributed by atoms with Crippen LogP contribution in [0, 0.1) is 5.82 Å². The monoisotopic (exact) mass is 289 g/mol. The van der Waals surface area contributed by atoms with Gasteiger partial charge in [-0.3, -0.25) is 0 Å². The average molecular weight is 289 g/mol. The van der Waals surface area contributed by atoms with Crippen molar-refractivity contribution >= 4 is 11.3 Å². The highest BCUT2D eigenvalue weighted by Crippen LogP contribution is 2.38. The molecule has 0 fully saturated rings. The van der Waals surface area contributed by atoms with Gasteiger partial charge in [0.2, 0.25) is 0 Å². The van der Waals surface area contributed by atoms with Crippen LogP contribution in [0.15, 0.2) is 23.6 Å². The standard InChI is InChI=1S/C13H11F4NS/c1-2-3-9-7-19-12(18-9)10-6-8(14)4-5-11(10)13(15,16)17/h4-7H,2-3H2,1H3. The number of rotatable bonds is 3. The van der Waals surface area contributed by atoms with Crippen LogP contribution in [-0.2, 0) is 12.6 Å². The molecule has 0 bridgehead atoms. The van der Waals surface area contributed by atoms with Gasteiger partial charge in [-0.05, 0) is 24.6 Å². The fourth-order valence-corrected chi connectivity index (χ4v) is 2.63. The maximum absolute atomic E-state index is 13.2. The minimum Gasteiger partial charge on any atom is -0.241 e. The van der Waals surface area contributed by atoms with Gasteiger partial charge >= 0.3 is 6.18 Å². The lowest BCUT2D eigenvalue weighted by molar-refractivity contribution is -0.137. The predicted molar refractivity (Wildman–Crippen MR) is 66.5 cm³/mol. The van der Waals surface area contributed by atoms with Gasteiger partial charge in [0.1, 0.15) is 10.8 Å². The van der Waals surface area contributed by atoms with Crippen LogP contribution in [-0.4, -0.2) is 4.98 Å². The summed E-state index contributed by atoms with van der Waals surface area (Å²) in [4.78, 5) is 4.14. The topological polar surface area (TPSA) is 12.9 Å². The third-order valence-electron chi connectivity index (χ3n) is 2.58. The van der Waals surface area contributed by atoms with E-state index in [9.17, 15) is 17.6 Å². The zero-order valence-corrected chi connectivity index (χ0v) is 10.9. The lowest BCUT2D eigenvalue weighted by Crippen LogP contribution is -2.07. The van der Waals surface area contributed by atoms with E-state index in [1.165, 1.54) is 0 Å². The molecule has 0 amide bonds. The summed E-state index contributed by atoms with van der Waals surface area (Å²) in [5, 5.41) is 1.92. The second-order valence-electron chi connectivity index (χ2n) is 4.08.